The number of rotatable bonds is 6. The van der Waals surface area contributed by atoms with Gasteiger partial charge in [0.05, 0.1) is 17.7 Å². The number of aliphatic carboxylic acids is 1. The second-order valence-electron chi connectivity index (χ2n) is 3.63. The van der Waals surface area contributed by atoms with Crippen LogP contribution in [-0.4, -0.2) is 64.3 Å². The fraction of sp³-hybridized carbons (Fsp3) is 0.800. The summed E-state index contributed by atoms with van der Waals surface area (Å²) in [5, 5.41) is 8.98. The molecule has 0 radical (unpaired) electrons. The maximum Gasteiger partial charge on any atom is 0.327 e. The molecule has 1 saturated heterocycles. The van der Waals surface area contributed by atoms with Gasteiger partial charge in [-0.2, -0.15) is 0 Å². The molecule has 0 aromatic rings. The number of carboxylic acids is 1. The summed E-state index contributed by atoms with van der Waals surface area (Å²) >= 11 is 2.97. The Kier molecular flexibility index (Phi) is 6.15. The standard InChI is InChI=1S/C10H17NO4S2/c1-7-11(8(5-17-7)10(13)14)9(12)6-16-4-3-15-2/h7-8H,3-6H2,1-2H3,(H,13,14). The van der Waals surface area contributed by atoms with E-state index in [4.69, 9.17) is 9.84 Å². The van der Waals surface area contributed by atoms with E-state index in [-0.39, 0.29) is 11.3 Å². The van der Waals surface area contributed by atoms with Crippen molar-refractivity contribution in [1.29, 1.82) is 0 Å². The Bertz CT molecular complexity index is 287. The minimum atomic E-state index is -0.919. The van der Waals surface area contributed by atoms with Crippen LogP contribution >= 0.6 is 23.5 Å². The van der Waals surface area contributed by atoms with E-state index in [0.29, 0.717) is 18.1 Å². The lowest BCUT2D eigenvalue weighted by molar-refractivity contribution is -0.147. The maximum absolute atomic E-state index is 11.9. The molecule has 1 amide bonds. The van der Waals surface area contributed by atoms with Crippen molar-refractivity contribution in [2.24, 2.45) is 0 Å². The number of hydrogen-bond donors (Lipinski definition) is 1. The Morgan fingerprint density at radius 1 is 1.59 bits per heavy atom. The lowest BCUT2D eigenvalue weighted by Crippen LogP contribution is -2.45. The van der Waals surface area contributed by atoms with Crippen molar-refractivity contribution >= 4 is 35.4 Å². The van der Waals surface area contributed by atoms with Crippen LogP contribution in [0.25, 0.3) is 0 Å². The predicted molar refractivity (Wildman–Crippen MR) is 69.4 cm³/mol. The summed E-state index contributed by atoms with van der Waals surface area (Å²) in [5.74, 6) is 0.520. The Hall–Kier alpha value is -0.400. The predicted octanol–water partition coefficient (Wildman–Crippen LogP) is 0.741. The van der Waals surface area contributed by atoms with Gasteiger partial charge in [-0.15, -0.1) is 23.5 Å². The van der Waals surface area contributed by atoms with Gasteiger partial charge in [0.1, 0.15) is 6.04 Å². The largest absolute Gasteiger partial charge is 0.480 e. The fourth-order valence-corrected chi connectivity index (χ4v) is 3.53. The maximum atomic E-state index is 11.9. The van der Waals surface area contributed by atoms with Crippen molar-refractivity contribution in [2.45, 2.75) is 18.3 Å². The molecule has 0 aliphatic carbocycles. The molecule has 17 heavy (non-hydrogen) atoms. The van der Waals surface area contributed by atoms with Gasteiger partial charge < -0.3 is 14.7 Å². The van der Waals surface area contributed by atoms with Gasteiger partial charge in [-0.3, -0.25) is 4.79 Å². The van der Waals surface area contributed by atoms with Crippen molar-refractivity contribution in [1.82, 2.24) is 4.90 Å². The van der Waals surface area contributed by atoms with Crippen LogP contribution in [0.15, 0.2) is 0 Å². The number of carbonyl (C=O) groups excluding carboxylic acids is 1. The van der Waals surface area contributed by atoms with Gasteiger partial charge in [-0.1, -0.05) is 0 Å². The summed E-state index contributed by atoms with van der Waals surface area (Å²) in [4.78, 5) is 24.4. The molecule has 0 aromatic heterocycles. The number of methoxy groups -OCH3 is 1. The molecular weight excluding hydrogens is 262 g/mol. The summed E-state index contributed by atoms with van der Waals surface area (Å²) in [6.45, 7) is 2.47. The first-order valence-corrected chi connectivity index (χ1v) is 7.50. The molecule has 2 unspecified atom stereocenters. The third-order valence-electron chi connectivity index (χ3n) is 2.45. The number of nitrogens with zero attached hydrogens (tertiary/aromatic N) is 1. The van der Waals surface area contributed by atoms with Crippen LogP contribution < -0.4 is 0 Å². The van der Waals surface area contributed by atoms with Crippen molar-refractivity contribution in [3.8, 4) is 0 Å². The Morgan fingerprint density at radius 3 is 2.88 bits per heavy atom. The van der Waals surface area contributed by atoms with Crippen molar-refractivity contribution < 1.29 is 19.4 Å². The molecule has 0 bridgehead atoms. The molecule has 0 aromatic carbocycles. The molecule has 1 aliphatic rings. The van der Waals surface area contributed by atoms with E-state index in [2.05, 4.69) is 0 Å². The van der Waals surface area contributed by atoms with Gasteiger partial charge in [0, 0.05) is 18.6 Å². The van der Waals surface area contributed by atoms with Crippen LogP contribution in [0.5, 0.6) is 0 Å². The van der Waals surface area contributed by atoms with Crippen molar-refractivity contribution in [2.75, 3.05) is 31.0 Å². The highest BCUT2D eigenvalue weighted by molar-refractivity contribution is 8.00. The molecule has 0 saturated carbocycles. The van der Waals surface area contributed by atoms with Gasteiger partial charge in [-0.25, -0.2) is 4.79 Å². The van der Waals surface area contributed by atoms with Gasteiger partial charge in [-0.05, 0) is 6.92 Å². The summed E-state index contributed by atoms with van der Waals surface area (Å²) < 4.78 is 4.89. The van der Waals surface area contributed by atoms with Gasteiger partial charge >= 0.3 is 5.97 Å². The van der Waals surface area contributed by atoms with E-state index < -0.39 is 12.0 Å². The highest BCUT2D eigenvalue weighted by Gasteiger charge is 2.38. The summed E-state index contributed by atoms with van der Waals surface area (Å²) in [5.41, 5.74) is 0. The summed E-state index contributed by atoms with van der Waals surface area (Å²) in [7, 11) is 1.61. The molecule has 1 N–H and O–H groups in total. The van der Waals surface area contributed by atoms with Crippen LogP contribution in [0.1, 0.15) is 6.92 Å². The highest BCUT2D eigenvalue weighted by atomic mass is 32.2. The quantitative estimate of drug-likeness (QED) is 0.723. The van der Waals surface area contributed by atoms with E-state index in [9.17, 15) is 9.59 Å². The second kappa shape index (κ2) is 7.13. The molecule has 5 nitrogen and oxygen atoms in total. The molecule has 0 spiro atoms. The van der Waals surface area contributed by atoms with Crippen LogP contribution in [0, 0.1) is 0 Å². The van der Waals surface area contributed by atoms with Gasteiger partial charge in [0.15, 0.2) is 0 Å². The molecule has 98 valence electrons. The first-order chi connectivity index (χ1) is 8.07. The van der Waals surface area contributed by atoms with Crippen LogP contribution in [0.3, 0.4) is 0 Å². The second-order valence-corrected chi connectivity index (χ2v) is 6.09. The van der Waals surface area contributed by atoms with Crippen LogP contribution in [0.4, 0.5) is 0 Å². The first-order valence-electron chi connectivity index (χ1n) is 5.30. The normalized spacial score (nSPS) is 24.0. The monoisotopic (exact) mass is 279 g/mol. The van der Waals surface area contributed by atoms with E-state index in [1.165, 1.54) is 28.4 Å². The van der Waals surface area contributed by atoms with Crippen LogP contribution in [0.2, 0.25) is 0 Å². The number of amides is 1. The average Bonchev–Trinajstić information content (AvgIpc) is 2.66. The van der Waals surface area contributed by atoms with E-state index >= 15 is 0 Å². The van der Waals surface area contributed by atoms with Gasteiger partial charge in [0.25, 0.3) is 0 Å². The van der Waals surface area contributed by atoms with E-state index in [1.54, 1.807) is 7.11 Å². The summed E-state index contributed by atoms with van der Waals surface area (Å²) in [6, 6.07) is -0.675. The number of hydrogen-bond acceptors (Lipinski definition) is 5. The molecule has 1 aliphatic heterocycles. The molecule has 1 fully saturated rings. The average molecular weight is 279 g/mol. The number of carbonyl (C=O) groups is 2. The lowest BCUT2D eigenvalue weighted by Gasteiger charge is -2.24. The minimum absolute atomic E-state index is 0.0494. The third kappa shape index (κ3) is 4.08. The minimum Gasteiger partial charge on any atom is -0.480 e. The Balaban J connectivity index is 2.45. The van der Waals surface area contributed by atoms with E-state index in [0.717, 1.165) is 5.75 Å². The number of thioether (sulfide) groups is 2. The molecule has 1 rings (SSSR count). The molecular formula is C10H17NO4S2. The Labute approximate surface area is 109 Å². The SMILES string of the molecule is COCCSCC(=O)N1C(C)SCC1C(=O)O. The smallest absolute Gasteiger partial charge is 0.327 e. The topological polar surface area (TPSA) is 66.8 Å². The fourth-order valence-electron chi connectivity index (χ4n) is 1.59. The number of carboxylic acid groups (broad SMARTS) is 1. The van der Waals surface area contributed by atoms with Gasteiger partial charge in [0.2, 0.25) is 5.91 Å². The molecule has 2 atom stereocenters. The highest BCUT2D eigenvalue weighted by Crippen LogP contribution is 2.29. The third-order valence-corrected chi connectivity index (χ3v) is 4.58. The zero-order valence-corrected chi connectivity index (χ0v) is 11.6. The zero-order valence-electron chi connectivity index (χ0n) is 9.92. The van der Waals surface area contributed by atoms with Crippen molar-refractivity contribution in [3.63, 3.8) is 0 Å². The van der Waals surface area contributed by atoms with Crippen LogP contribution in [-0.2, 0) is 14.3 Å². The Morgan fingerprint density at radius 2 is 2.29 bits per heavy atom. The summed E-state index contributed by atoms with van der Waals surface area (Å²) in [6.07, 6.45) is 0. The number of ether oxygens (including phenoxy) is 1. The lowest BCUT2D eigenvalue weighted by atomic mass is 10.3. The molecule has 1 heterocycles. The first kappa shape index (κ1) is 14.7. The molecule has 7 heteroatoms. The van der Waals surface area contributed by atoms with E-state index in [1.807, 2.05) is 6.92 Å². The van der Waals surface area contributed by atoms with Crippen molar-refractivity contribution in [3.05, 3.63) is 0 Å². The zero-order chi connectivity index (χ0) is 12.8.